The van der Waals surface area contributed by atoms with Gasteiger partial charge in [-0.1, -0.05) is 143 Å². The minimum absolute atomic E-state index is 0.0385. The number of phosphoric acid groups is 1. The summed E-state index contributed by atoms with van der Waals surface area (Å²) in [7, 11) is -4.40. The SMILES string of the molecule is CCC=CCC=CCC=CCC=CCCCCCCC(=O)OC[C@H](COP(=O)(O)OCCN)OC(=O)CCCCCC=CCC=CCC=CCC=CCCCCC. The molecule has 324 valence electrons. The Hall–Kier alpha value is -3.07. The van der Waals surface area contributed by atoms with E-state index in [0.29, 0.717) is 12.8 Å². The lowest BCUT2D eigenvalue weighted by molar-refractivity contribution is -0.161. The van der Waals surface area contributed by atoms with Crippen molar-refractivity contribution in [2.45, 2.75) is 161 Å². The van der Waals surface area contributed by atoms with Gasteiger partial charge in [0.25, 0.3) is 0 Å². The van der Waals surface area contributed by atoms with Gasteiger partial charge in [0.15, 0.2) is 6.10 Å². The number of hydrogen-bond donors (Lipinski definition) is 2. The van der Waals surface area contributed by atoms with E-state index in [-0.39, 0.29) is 32.6 Å². The summed E-state index contributed by atoms with van der Waals surface area (Å²) < 4.78 is 32.7. The fourth-order valence-electron chi connectivity index (χ4n) is 5.25. The fourth-order valence-corrected chi connectivity index (χ4v) is 6.02. The molecule has 0 saturated carbocycles. The number of nitrogens with two attached hydrogens (primary N) is 1. The molecule has 0 aromatic rings. The first kappa shape index (κ1) is 53.9. The van der Waals surface area contributed by atoms with Crippen LogP contribution in [-0.4, -0.2) is 49.3 Å². The summed E-state index contributed by atoms with van der Waals surface area (Å²) in [4.78, 5) is 34.9. The molecule has 9 nitrogen and oxygen atoms in total. The van der Waals surface area contributed by atoms with Gasteiger partial charge in [-0.15, -0.1) is 0 Å². The van der Waals surface area contributed by atoms with E-state index in [1.54, 1.807) is 0 Å². The molecule has 0 heterocycles. The van der Waals surface area contributed by atoms with Crippen molar-refractivity contribution in [2.75, 3.05) is 26.4 Å². The topological polar surface area (TPSA) is 134 Å². The molecule has 2 atom stereocenters. The first-order valence-corrected chi connectivity index (χ1v) is 23.2. The molecule has 0 amide bonds. The van der Waals surface area contributed by atoms with Crippen LogP contribution in [0.5, 0.6) is 0 Å². The third-order valence-corrected chi connectivity index (χ3v) is 9.44. The summed E-state index contributed by atoms with van der Waals surface area (Å²) in [5.41, 5.74) is 5.34. The van der Waals surface area contributed by atoms with Crippen LogP contribution in [0.3, 0.4) is 0 Å². The van der Waals surface area contributed by atoms with Gasteiger partial charge in [-0.25, -0.2) is 4.57 Å². The van der Waals surface area contributed by atoms with Crippen molar-refractivity contribution >= 4 is 19.8 Å². The van der Waals surface area contributed by atoms with Crippen molar-refractivity contribution in [1.29, 1.82) is 0 Å². The normalized spacial score (nSPS) is 14.2. The van der Waals surface area contributed by atoms with Crippen molar-refractivity contribution in [3.8, 4) is 0 Å². The van der Waals surface area contributed by atoms with E-state index in [1.807, 2.05) is 0 Å². The number of allylic oxidation sites excluding steroid dienone is 16. The van der Waals surface area contributed by atoms with Crippen LogP contribution < -0.4 is 5.73 Å². The predicted molar refractivity (Wildman–Crippen MR) is 238 cm³/mol. The summed E-state index contributed by atoms with van der Waals surface area (Å²) >= 11 is 0. The summed E-state index contributed by atoms with van der Waals surface area (Å²) in [6.07, 6.45) is 54.3. The number of hydrogen-bond acceptors (Lipinski definition) is 8. The summed E-state index contributed by atoms with van der Waals surface area (Å²) in [5, 5.41) is 0. The molecule has 0 spiro atoms. The average molecular weight is 816 g/mol. The monoisotopic (exact) mass is 816 g/mol. The third kappa shape index (κ3) is 42.4. The number of ether oxygens (including phenoxy) is 2. The Morgan fingerprint density at radius 2 is 0.965 bits per heavy atom. The molecule has 0 aliphatic rings. The van der Waals surface area contributed by atoms with E-state index in [1.165, 1.54) is 25.7 Å². The van der Waals surface area contributed by atoms with Gasteiger partial charge < -0.3 is 20.1 Å². The number of rotatable bonds is 39. The Kier molecular flexibility index (Phi) is 40.2. The van der Waals surface area contributed by atoms with Gasteiger partial charge in [0, 0.05) is 19.4 Å². The maximum absolute atomic E-state index is 12.6. The van der Waals surface area contributed by atoms with Crippen molar-refractivity contribution in [3.05, 3.63) is 97.2 Å². The van der Waals surface area contributed by atoms with Crippen LogP contribution in [0.25, 0.3) is 0 Å². The zero-order valence-corrected chi connectivity index (χ0v) is 36.4. The highest BCUT2D eigenvalue weighted by molar-refractivity contribution is 7.47. The first-order chi connectivity index (χ1) is 27.8. The second-order valence-corrected chi connectivity index (χ2v) is 15.3. The van der Waals surface area contributed by atoms with Gasteiger partial charge in [0.2, 0.25) is 0 Å². The van der Waals surface area contributed by atoms with Gasteiger partial charge >= 0.3 is 19.8 Å². The minimum atomic E-state index is -4.40. The van der Waals surface area contributed by atoms with E-state index in [4.69, 9.17) is 24.3 Å². The van der Waals surface area contributed by atoms with Gasteiger partial charge in [-0.3, -0.25) is 18.6 Å². The Labute approximate surface area is 346 Å². The van der Waals surface area contributed by atoms with E-state index in [0.717, 1.165) is 89.9 Å². The van der Waals surface area contributed by atoms with Crippen LogP contribution in [0.15, 0.2) is 97.2 Å². The Morgan fingerprint density at radius 1 is 0.544 bits per heavy atom. The smallest absolute Gasteiger partial charge is 0.462 e. The highest BCUT2D eigenvalue weighted by Gasteiger charge is 2.25. The molecule has 0 bridgehead atoms. The lowest BCUT2D eigenvalue weighted by Gasteiger charge is -2.19. The van der Waals surface area contributed by atoms with Crippen molar-refractivity contribution < 1.29 is 37.6 Å². The molecular formula is C47H78NO8P. The number of carbonyl (C=O) groups excluding carboxylic acids is 2. The van der Waals surface area contributed by atoms with Gasteiger partial charge in [-0.2, -0.15) is 0 Å². The Balaban J connectivity index is 4.29. The lowest BCUT2D eigenvalue weighted by Crippen LogP contribution is -2.29. The average Bonchev–Trinajstić information content (AvgIpc) is 3.20. The number of carbonyl (C=O) groups is 2. The quantitative estimate of drug-likeness (QED) is 0.0269. The molecule has 0 aromatic carbocycles. The van der Waals surface area contributed by atoms with Crippen molar-refractivity contribution in [1.82, 2.24) is 0 Å². The van der Waals surface area contributed by atoms with Crippen LogP contribution >= 0.6 is 7.82 Å². The van der Waals surface area contributed by atoms with Gasteiger partial charge in [-0.05, 0) is 96.3 Å². The van der Waals surface area contributed by atoms with E-state index >= 15 is 0 Å². The lowest BCUT2D eigenvalue weighted by atomic mass is 10.1. The summed E-state index contributed by atoms with van der Waals surface area (Å²) in [5.74, 6) is -0.903. The second-order valence-electron chi connectivity index (χ2n) is 13.8. The molecule has 3 N–H and O–H groups in total. The van der Waals surface area contributed by atoms with Crippen LogP contribution in [-0.2, 0) is 32.7 Å². The first-order valence-electron chi connectivity index (χ1n) is 21.7. The second kappa shape index (κ2) is 42.5. The summed E-state index contributed by atoms with van der Waals surface area (Å²) in [6.45, 7) is 3.50. The van der Waals surface area contributed by atoms with E-state index in [9.17, 15) is 19.0 Å². The van der Waals surface area contributed by atoms with Crippen LogP contribution in [0.4, 0.5) is 0 Å². The number of unbranched alkanes of at least 4 members (excludes halogenated alkanes) is 10. The van der Waals surface area contributed by atoms with Crippen LogP contribution in [0, 0.1) is 0 Å². The highest BCUT2D eigenvalue weighted by Crippen LogP contribution is 2.43. The molecule has 0 aliphatic heterocycles. The minimum Gasteiger partial charge on any atom is -0.462 e. The molecule has 0 radical (unpaired) electrons. The van der Waals surface area contributed by atoms with Crippen LogP contribution in [0.1, 0.15) is 155 Å². The van der Waals surface area contributed by atoms with E-state index < -0.39 is 32.5 Å². The molecule has 0 aliphatic carbocycles. The Morgan fingerprint density at radius 3 is 1.44 bits per heavy atom. The zero-order chi connectivity index (χ0) is 41.8. The maximum Gasteiger partial charge on any atom is 0.472 e. The standard InChI is InChI=1S/C47H78NO8P/c1-3-5-7-9-11-13-15-17-19-21-22-24-26-28-30-32-34-36-38-40-47(50)56-45(44-55-57(51,52)54-42-41-48)43-53-46(49)39-37-35-33-31-29-27-25-23-20-18-16-14-12-10-8-6-4-2/h6,8,11-14,17-20,22,24-25,27-28,30,45H,3-5,7,9-10,15-16,21,23,26,29,31-44,48H2,1-2H3,(H,51,52)/t45-/m1/s1. The number of phosphoric ester groups is 1. The van der Waals surface area contributed by atoms with Crippen molar-refractivity contribution in [2.24, 2.45) is 5.73 Å². The third-order valence-electron chi connectivity index (χ3n) is 8.45. The maximum atomic E-state index is 12.6. The summed E-state index contributed by atoms with van der Waals surface area (Å²) in [6, 6.07) is 0. The molecule has 57 heavy (non-hydrogen) atoms. The van der Waals surface area contributed by atoms with Crippen LogP contribution in [0.2, 0.25) is 0 Å². The fraction of sp³-hybridized carbons (Fsp3) is 0.617. The Bertz CT molecular complexity index is 1250. The van der Waals surface area contributed by atoms with Gasteiger partial charge in [0.1, 0.15) is 6.61 Å². The molecule has 0 saturated heterocycles. The van der Waals surface area contributed by atoms with Crippen molar-refractivity contribution in [3.63, 3.8) is 0 Å². The molecule has 10 heteroatoms. The molecule has 0 rings (SSSR count). The van der Waals surface area contributed by atoms with E-state index in [2.05, 4.69) is 111 Å². The molecule has 0 fully saturated rings. The van der Waals surface area contributed by atoms with Gasteiger partial charge in [0.05, 0.1) is 13.2 Å². The molecule has 1 unspecified atom stereocenters. The molecular weight excluding hydrogens is 737 g/mol. The largest absolute Gasteiger partial charge is 0.472 e. The predicted octanol–water partition coefficient (Wildman–Crippen LogP) is 12.6. The molecule has 0 aromatic heterocycles. The highest BCUT2D eigenvalue weighted by atomic mass is 31.2. The number of esters is 2. The zero-order valence-electron chi connectivity index (χ0n) is 35.5.